The van der Waals surface area contributed by atoms with E-state index in [9.17, 15) is 4.21 Å². The van der Waals surface area contributed by atoms with Gasteiger partial charge in [0.05, 0.1) is 0 Å². The minimum Gasteiger partial charge on any atom is -0.482 e. The summed E-state index contributed by atoms with van der Waals surface area (Å²) in [5.74, 6) is 0.662. The second kappa shape index (κ2) is 3.83. The largest absolute Gasteiger partial charge is 0.509 e. The quantitative estimate of drug-likeness (QED) is 0.681. The third-order valence-electron chi connectivity index (χ3n) is 1.36. The van der Waals surface area contributed by atoms with E-state index in [2.05, 4.69) is 0 Å². The molecular weight excluding hydrogens is 184 g/mol. The molecule has 0 fully saturated rings. The molecule has 0 heterocycles. The molecule has 0 amide bonds. The molecule has 0 unspecified atom stereocenters. The van der Waals surface area contributed by atoms with Crippen LogP contribution in [0.1, 0.15) is 20.8 Å². The van der Waals surface area contributed by atoms with Gasteiger partial charge in [0.25, 0.3) is 0 Å². The lowest BCUT2D eigenvalue weighted by Gasteiger charge is -2.19. The van der Waals surface area contributed by atoms with Crippen LogP contribution in [0.4, 0.5) is 0 Å². The van der Waals surface area contributed by atoms with Crippen LogP contribution in [0, 0.1) is 0 Å². The maximum atomic E-state index is 10.7. The summed E-state index contributed by atoms with van der Waals surface area (Å²) in [6.07, 6.45) is 0. The fourth-order valence-corrected chi connectivity index (χ4v) is 1.26. The number of rotatable bonds is 2. The van der Waals surface area contributed by atoms with E-state index in [1.807, 2.05) is 39.0 Å². The first-order valence-corrected chi connectivity index (χ1v) is 4.85. The summed E-state index contributed by atoms with van der Waals surface area (Å²) in [6, 6.07) is 7.26. The molecule has 3 heteroatoms. The monoisotopic (exact) mass is 197 g/mol. The third-order valence-corrected chi connectivity index (χ3v) is 1.87. The smallest absolute Gasteiger partial charge is 0.482 e. The summed E-state index contributed by atoms with van der Waals surface area (Å²) in [5, 5.41) is 0. The highest BCUT2D eigenvalue weighted by molar-refractivity contribution is 7.65. The summed E-state index contributed by atoms with van der Waals surface area (Å²) in [4.78, 5) is 0.637. The Morgan fingerprint density at radius 3 is 2.38 bits per heavy atom. The van der Waals surface area contributed by atoms with Gasteiger partial charge in [-0.05, 0) is 26.8 Å². The predicted molar refractivity (Wildman–Crippen MR) is 53.1 cm³/mol. The molecule has 0 bridgehead atoms. The molecule has 0 atom stereocenters. The molecule has 0 aliphatic heterocycles. The molecule has 1 aromatic carbocycles. The Hall–Kier alpha value is -0.960. The summed E-state index contributed by atoms with van der Waals surface area (Å²) < 4.78 is 16.3. The van der Waals surface area contributed by atoms with Gasteiger partial charge in [0.15, 0.2) is 5.75 Å². The van der Waals surface area contributed by atoms with Crippen LogP contribution in [0.25, 0.3) is 0 Å². The Morgan fingerprint density at radius 1 is 1.23 bits per heavy atom. The molecule has 0 radical (unpaired) electrons. The average molecular weight is 197 g/mol. The van der Waals surface area contributed by atoms with Gasteiger partial charge in [-0.3, -0.25) is 0 Å². The van der Waals surface area contributed by atoms with Gasteiger partial charge < -0.3 is 4.74 Å². The fourth-order valence-electron chi connectivity index (χ4n) is 0.933. The van der Waals surface area contributed by atoms with Crippen LogP contribution in [-0.2, 0) is 15.9 Å². The van der Waals surface area contributed by atoms with E-state index in [-0.39, 0.29) is 5.60 Å². The number of hydrogen-bond donors (Lipinski definition) is 0. The topological polar surface area (TPSA) is 26.3 Å². The second-order valence-corrected chi connectivity index (χ2v) is 4.35. The summed E-state index contributed by atoms with van der Waals surface area (Å²) in [5.41, 5.74) is -0.258. The number of ether oxygens (including phenoxy) is 1. The van der Waals surface area contributed by atoms with Crippen LogP contribution in [-0.4, -0.2) is 5.60 Å². The molecule has 0 saturated carbocycles. The van der Waals surface area contributed by atoms with Crippen LogP contribution in [0.2, 0.25) is 0 Å². The van der Waals surface area contributed by atoms with E-state index in [4.69, 9.17) is 4.74 Å². The Balaban J connectivity index is 2.94. The van der Waals surface area contributed by atoms with Crippen LogP contribution >= 0.6 is 0 Å². The lowest BCUT2D eigenvalue weighted by atomic mass is 10.2. The molecule has 0 aromatic heterocycles. The average Bonchev–Trinajstić information content (AvgIpc) is 2.02. The molecule has 1 aromatic rings. The van der Waals surface area contributed by atoms with Crippen molar-refractivity contribution in [3.05, 3.63) is 24.3 Å². The van der Waals surface area contributed by atoms with Crippen molar-refractivity contribution in [3.63, 3.8) is 0 Å². The molecule has 13 heavy (non-hydrogen) atoms. The zero-order chi connectivity index (χ0) is 9.90. The second-order valence-electron chi connectivity index (χ2n) is 3.74. The van der Waals surface area contributed by atoms with Gasteiger partial charge in [0, 0.05) is 10.3 Å². The highest BCUT2D eigenvalue weighted by atomic mass is 32.1. The van der Waals surface area contributed by atoms with Crippen molar-refractivity contribution < 1.29 is 8.95 Å². The maximum Gasteiger partial charge on any atom is 0.509 e. The van der Waals surface area contributed by atoms with E-state index < -0.39 is 0 Å². The van der Waals surface area contributed by atoms with Crippen molar-refractivity contribution in [2.24, 2.45) is 0 Å². The molecule has 2 nitrogen and oxygen atoms in total. The number of para-hydroxylation sites is 1. The summed E-state index contributed by atoms with van der Waals surface area (Å²) in [6.45, 7) is 5.87. The van der Waals surface area contributed by atoms with E-state index in [1.54, 1.807) is 6.07 Å². The Labute approximate surface area is 82.4 Å². The van der Waals surface area contributed by atoms with E-state index >= 15 is 0 Å². The van der Waals surface area contributed by atoms with Gasteiger partial charge in [0.2, 0.25) is 0 Å². The van der Waals surface area contributed by atoms with Crippen molar-refractivity contribution >= 4 is 11.7 Å². The zero-order valence-corrected chi connectivity index (χ0v) is 8.85. The standard InChI is InChI=1S/C10H13O2S/c1-10(2,3)12-8-6-4-5-7-9(8)13-11/h4-7H,1-3H3/q+1. The van der Waals surface area contributed by atoms with Gasteiger partial charge in [-0.15, -0.1) is 0 Å². The van der Waals surface area contributed by atoms with Crippen LogP contribution in [0.5, 0.6) is 5.75 Å². The van der Waals surface area contributed by atoms with Crippen LogP contribution in [0.15, 0.2) is 29.2 Å². The Bertz CT molecular complexity index is 302. The highest BCUT2D eigenvalue weighted by Crippen LogP contribution is 2.22. The summed E-state index contributed by atoms with van der Waals surface area (Å²) >= 11 is 0.461. The van der Waals surface area contributed by atoms with Gasteiger partial charge in [-0.25, -0.2) is 0 Å². The predicted octanol–water partition coefficient (Wildman–Crippen LogP) is 2.65. The van der Waals surface area contributed by atoms with Crippen molar-refractivity contribution in [1.82, 2.24) is 0 Å². The molecule has 0 spiro atoms. The van der Waals surface area contributed by atoms with E-state index in [0.717, 1.165) is 0 Å². The Morgan fingerprint density at radius 2 is 1.85 bits per heavy atom. The third kappa shape index (κ3) is 3.11. The van der Waals surface area contributed by atoms with Gasteiger partial charge in [-0.1, -0.05) is 12.1 Å². The highest BCUT2D eigenvalue weighted by Gasteiger charge is 2.20. The Kier molecular flexibility index (Phi) is 2.98. The van der Waals surface area contributed by atoms with Crippen LogP contribution in [0.3, 0.4) is 0 Å². The minimum atomic E-state index is -0.258. The first-order chi connectivity index (χ1) is 6.03. The first kappa shape index (κ1) is 10.1. The SMILES string of the molecule is CC(C)(C)Oc1ccccc1[S+]=O. The van der Waals surface area contributed by atoms with E-state index in [1.165, 1.54) is 0 Å². The van der Waals surface area contributed by atoms with Crippen molar-refractivity contribution in [2.75, 3.05) is 0 Å². The summed E-state index contributed by atoms with van der Waals surface area (Å²) in [7, 11) is 0. The fraction of sp³-hybridized carbons (Fsp3) is 0.400. The van der Waals surface area contributed by atoms with Crippen molar-refractivity contribution in [3.8, 4) is 5.75 Å². The van der Waals surface area contributed by atoms with Gasteiger partial charge in [0.1, 0.15) is 5.60 Å². The molecule has 70 valence electrons. The molecule has 0 aliphatic carbocycles. The molecular formula is C10H13O2S+. The number of hydrogen-bond acceptors (Lipinski definition) is 2. The lowest BCUT2D eigenvalue weighted by molar-refractivity contribution is 0.127. The van der Waals surface area contributed by atoms with Crippen molar-refractivity contribution in [1.29, 1.82) is 0 Å². The van der Waals surface area contributed by atoms with Gasteiger partial charge >= 0.3 is 16.6 Å². The zero-order valence-electron chi connectivity index (χ0n) is 8.03. The molecule has 0 aliphatic rings. The molecule has 1 rings (SSSR count). The molecule has 0 N–H and O–H groups in total. The normalized spacial score (nSPS) is 11.0. The first-order valence-electron chi connectivity index (χ1n) is 4.11. The molecule has 0 saturated heterocycles. The van der Waals surface area contributed by atoms with E-state index in [0.29, 0.717) is 22.3 Å². The maximum absolute atomic E-state index is 10.7. The van der Waals surface area contributed by atoms with Gasteiger partial charge in [-0.2, -0.15) is 0 Å². The lowest BCUT2D eigenvalue weighted by Crippen LogP contribution is -2.23. The number of benzene rings is 1. The minimum absolute atomic E-state index is 0.258. The van der Waals surface area contributed by atoms with Crippen molar-refractivity contribution in [2.45, 2.75) is 31.3 Å². The van der Waals surface area contributed by atoms with Crippen LogP contribution < -0.4 is 4.74 Å².